The first-order valence-corrected chi connectivity index (χ1v) is 18.6. The Labute approximate surface area is 317 Å². The Morgan fingerprint density at radius 2 is 0.927 bits per heavy atom. The Kier molecular flexibility index (Phi) is 6.89. The molecular weight excluding hydrogens is 669 g/mol. The fourth-order valence-electron chi connectivity index (χ4n) is 8.56. The normalized spacial score (nSPS) is 11.6. The monoisotopic (exact) mass is 700 g/mol. The van der Waals surface area contributed by atoms with E-state index in [0.29, 0.717) is 5.56 Å². The summed E-state index contributed by atoms with van der Waals surface area (Å²) in [6.45, 7) is 0. The van der Waals surface area contributed by atoms with Crippen LogP contribution in [0.1, 0.15) is 5.56 Å². The van der Waals surface area contributed by atoms with Gasteiger partial charge >= 0.3 is 0 Å². The number of benzene rings is 8. The molecule has 0 unspecified atom stereocenters. The highest BCUT2D eigenvalue weighted by atomic mass is 15.0. The highest BCUT2D eigenvalue weighted by molar-refractivity contribution is 6.19. The maximum atomic E-state index is 9.40. The van der Waals surface area contributed by atoms with Crippen LogP contribution in [0.4, 0.5) is 0 Å². The molecule has 11 aromatic rings. The summed E-state index contributed by atoms with van der Waals surface area (Å²) in [6, 6.07) is 69.3. The van der Waals surface area contributed by atoms with Gasteiger partial charge in [-0.3, -0.25) is 0 Å². The molecule has 3 heterocycles. The first-order chi connectivity index (χ1) is 27.2. The number of hydrogen-bond donors (Lipinski definition) is 0. The van der Waals surface area contributed by atoms with Crippen LogP contribution in [0.25, 0.3) is 93.8 Å². The van der Waals surface area contributed by atoms with Crippen molar-refractivity contribution in [2.24, 2.45) is 0 Å². The molecule has 4 nitrogen and oxygen atoms in total. The Bertz CT molecular complexity index is 3300. The second-order valence-electron chi connectivity index (χ2n) is 14.1. The number of nitrogens with zero attached hydrogens (tertiary/aromatic N) is 4. The number of fused-ring (bicyclic) bond motifs is 8. The van der Waals surface area contributed by atoms with Gasteiger partial charge in [0.05, 0.1) is 39.2 Å². The van der Waals surface area contributed by atoms with Crippen molar-refractivity contribution >= 4 is 54.5 Å². The molecule has 0 bridgehead atoms. The molecule has 0 atom stereocenters. The molecule has 11 rings (SSSR count). The van der Waals surface area contributed by atoms with Gasteiger partial charge in [0.1, 0.15) is 0 Å². The molecule has 0 N–H and O–H groups in total. The molecule has 0 fully saturated rings. The standard InChI is InChI=1S/C51H32N4/c52-33-34-18-20-35(21-19-34)36-10-9-15-41(30-36)55-50-26-23-38(32-46(50)43-24-27-47-44(51(43)55)28-29-53(47)39-11-3-1-4-12-39)37-22-25-49-45(31-37)42-16-7-8-17-48(42)54(49)40-13-5-2-6-14-40/h1-32H. The predicted octanol–water partition coefficient (Wildman–Crippen LogP) is 13.0. The van der Waals surface area contributed by atoms with Gasteiger partial charge in [-0.2, -0.15) is 5.26 Å². The van der Waals surface area contributed by atoms with Crippen molar-refractivity contribution < 1.29 is 0 Å². The first-order valence-electron chi connectivity index (χ1n) is 18.6. The van der Waals surface area contributed by atoms with Crippen LogP contribution in [0.2, 0.25) is 0 Å². The van der Waals surface area contributed by atoms with Crippen molar-refractivity contribution in [2.45, 2.75) is 0 Å². The molecule has 0 saturated carbocycles. The zero-order valence-electron chi connectivity index (χ0n) is 29.8. The van der Waals surface area contributed by atoms with Gasteiger partial charge in [0.2, 0.25) is 0 Å². The third-order valence-corrected chi connectivity index (χ3v) is 11.1. The topological polar surface area (TPSA) is 38.6 Å². The van der Waals surface area contributed by atoms with E-state index in [1.165, 1.54) is 54.6 Å². The lowest BCUT2D eigenvalue weighted by atomic mass is 10.0. The van der Waals surface area contributed by atoms with Gasteiger partial charge < -0.3 is 13.7 Å². The summed E-state index contributed by atoms with van der Waals surface area (Å²) in [6.07, 6.45) is 2.18. The van der Waals surface area contributed by atoms with E-state index in [1.54, 1.807) is 0 Å². The van der Waals surface area contributed by atoms with Crippen LogP contribution in [0.15, 0.2) is 194 Å². The molecule has 256 valence electrons. The van der Waals surface area contributed by atoms with Crippen molar-refractivity contribution in [3.05, 3.63) is 200 Å². The second kappa shape index (κ2) is 12.2. The SMILES string of the molecule is N#Cc1ccc(-c2cccc(-n3c4ccc(-c5ccc6c(c5)c5ccccc5n6-c5ccccc5)cc4c4ccc5c(ccn5-c5ccccc5)c43)c2)cc1. The largest absolute Gasteiger partial charge is 0.316 e. The summed E-state index contributed by atoms with van der Waals surface area (Å²) >= 11 is 0. The van der Waals surface area contributed by atoms with Crippen molar-refractivity contribution in [3.8, 4) is 45.4 Å². The molecule has 0 aliphatic carbocycles. The summed E-state index contributed by atoms with van der Waals surface area (Å²) in [7, 11) is 0. The van der Waals surface area contributed by atoms with E-state index < -0.39 is 0 Å². The fourth-order valence-corrected chi connectivity index (χ4v) is 8.56. The molecule has 0 aliphatic heterocycles. The molecule has 0 spiro atoms. The zero-order chi connectivity index (χ0) is 36.5. The van der Waals surface area contributed by atoms with Gasteiger partial charge in [0.25, 0.3) is 0 Å². The van der Waals surface area contributed by atoms with E-state index in [2.05, 4.69) is 190 Å². The maximum absolute atomic E-state index is 9.40. The van der Waals surface area contributed by atoms with Crippen LogP contribution in [-0.4, -0.2) is 13.7 Å². The second-order valence-corrected chi connectivity index (χ2v) is 14.1. The van der Waals surface area contributed by atoms with Crippen LogP contribution < -0.4 is 0 Å². The zero-order valence-corrected chi connectivity index (χ0v) is 29.8. The van der Waals surface area contributed by atoms with E-state index in [4.69, 9.17) is 0 Å². The fraction of sp³-hybridized carbons (Fsp3) is 0. The van der Waals surface area contributed by atoms with E-state index in [1.807, 2.05) is 24.3 Å². The first kappa shape index (κ1) is 31.0. The third kappa shape index (κ3) is 4.84. The molecule has 55 heavy (non-hydrogen) atoms. The number of para-hydroxylation sites is 3. The summed E-state index contributed by atoms with van der Waals surface area (Å²) in [5, 5.41) is 15.5. The maximum Gasteiger partial charge on any atom is 0.0991 e. The molecule has 0 aliphatic rings. The molecule has 4 heteroatoms. The molecule has 3 aromatic heterocycles. The van der Waals surface area contributed by atoms with Crippen molar-refractivity contribution in [2.75, 3.05) is 0 Å². The third-order valence-electron chi connectivity index (χ3n) is 11.1. The van der Waals surface area contributed by atoms with E-state index in [0.717, 1.165) is 39.2 Å². The van der Waals surface area contributed by atoms with Gasteiger partial charge in [-0.25, -0.2) is 0 Å². The summed E-state index contributed by atoms with van der Waals surface area (Å²) in [5.41, 5.74) is 14.5. The summed E-state index contributed by atoms with van der Waals surface area (Å²) in [5.74, 6) is 0. The lowest BCUT2D eigenvalue weighted by Crippen LogP contribution is -1.95. The molecule has 0 amide bonds. The quantitative estimate of drug-likeness (QED) is 0.176. The van der Waals surface area contributed by atoms with Crippen LogP contribution >= 0.6 is 0 Å². The van der Waals surface area contributed by atoms with Crippen molar-refractivity contribution in [3.63, 3.8) is 0 Å². The minimum absolute atomic E-state index is 0.657. The average molecular weight is 701 g/mol. The lowest BCUT2D eigenvalue weighted by molar-refractivity contribution is 1.13. The Morgan fingerprint density at radius 3 is 1.67 bits per heavy atom. The minimum Gasteiger partial charge on any atom is -0.316 e. The van der Waals surface area contributed by atoms with Gasteiger partial charge in [0, 0.05) is 50.2 Å². The molecule has 0 radical (unpaired) electrons. The highest BCUT2D eigenvalue weighted by Gasteiger charge is 2.19. The molecule has 0 saturated heterocycles. The van der Waals surface area contributed by atoms with Gasteiger partial charge in [-0.1, -0.05) is 97.1 Å². The minimum atomic E-state index is 0.657. The van der Waals surface area contributed by atoms with Crippen LogP contribution in [0, 0.1) is 11.3 Å². The van der Waals surface area contributed by atoms with E-state index >= 15 is 0 Å². The molecule has 8 aromatic carbocycles. The smallest absolute Gasteiger partial charge is 0.0991 e. The Morgan fingerprint density at radius 1 is 0.345 bits per heavy atom. The van der Waals surface area contributed by atoms with Crippen LogP contribution in [-0.2, 0) is 0 Å². The van der Waals surface area contributed by atoms with E-state index in [9.17, 15) is 5.26 Å². The average Bonchev–Trinajstić information content (AvgIpc) is 3.94. The van der Waals surface area contributed by atoms with E-state index in [-0.39, 0.29) is 0 Å². The van der Waals surface area contributed by atoms with Crippen LogP contribution in [0.5, 0.6) is 0 Å². The lowest BCUT2D eigenvalue weighted by Gasteiger charge is -2.12. The van der Waals surface area contributed by atoms with Gasteiger partial charge in [0.15, 0.2) is 0 Å². The van der Waals surface area contributed by atoms with Crippen molar-refractivity contribution in [1.82, 2.24) is 13.7 Å². The number of rotatable bonds is 5. The Hall–Kier alpha value is -7.61. The van der Waals surface area contributed by atoms with Crippen LogP contribution in [0.3, 0.4) is 0 Å². The Balaban J connectivity index is 1.14. The highest BCUT2D eigenvalue weighted by Crippen LogP contribution is 2.41. The number of aromatic nitrogens is 3. The van der Waals surface area contributed by atoms with Gasteiger partial charge in [-0.05, 0) is 113 Å². The predicted molar refractivity (Wildman–Crippen MR) is 228 cm³/mol. The molecular formula is C51H32N4. The van der Waals surface area contributed by atoms with Crippen molar-refractivity contribution in [1.29, 1.82) is 5.26 Å². The van der Waals surface area contributed by atoms with Gasteiger partial charge in [-0.15, -0.1) is 0 Å². The summed E-state index contributed by atoms with van der Waals surface area (Å²) < 4.78 is 7.07. The summed E-state index contributed by atoms with van der Waals surface area (Å²) in [4.78, 5) is 0. The number of hydrogen-bond acceptors (Lipinski definition) is 1. The number of nitriles is 1.